The monoisotopic (exact) mass is 424 g/mol. The van der Waals surface area contributed by atoms with Gasteiger partial charge in [0.05, 0.1) is 29.6 Å². The van der Waals surface area contributed by atoms with Crippen molar-refractivity contribution in [3.8, 4) is 0 Å². The van der Waals surface area contributed by atoms with E-state index in [4.69, 9.17) is 4.74 Å². The largest absolute Gasteiger partial charge is 0.465 e. The number of ether oxygens (including phenoxy) is 2. The van der Waals surface area contributed by atoms with Crippen LogP contribution in [0.2, 0.25) is 0 Å². The highest BCUT2D eigenvalue weighted by Gasteiger charge is 2.19. The Kier molecular flexibility index (Phi) is 6.58. The van der Waals surface area contributed by atoms with Gasteiger partial charge in [-0.3, -0.25) is 9.69 Å². The van der Waals surface area contributed by atoms with Gasteiger partial charge in [-0.25, -0.2) is 14.6 Å². The maximum atomic E-state index is 12.2. The van der Waals surface area contributed by atoms with Crippen molar-refractivity contribution in [2.45, 2.75) is 20.5 Å². The summed E-state index contributed by atoms with van der Waals surface area (Å²) in [6, 6.07) is 13.6. The fourth-order valence-corrected chi connectivity index (χ4v) is 3.61. The zero-order chi connectivity index (χ0) is 21.7. The SMILES string of the molecule is COC(=O)c1ccc(C(=O)OCc2csc(N(C(C)=O)c3cccc(C)c3)n2)cc1. The average molecular weight is 424 g/mol. The van der Waals surface area contributed by atoms with Gasteiger partial charge in [-0.1, -0.05) is 12.1 Å². The zero-order valence-electron chi connectivity index (χ0n) is 16.7. The van der Waals surface area contributed by atoms with E-state index >= 15 is 0 Å². The Morgan fingerprint density at radius 1 is 1.03 bits per heavy atom. The molecule has 2 aromatic carbocycles. The quantitative estimate of drug-likeness (QED) is 0.549. The molecule has 0 saturated heterocycles. The Morgan fingerprint density at radius 2 is 1.70 bits per heavy atom. The van der Waals surface area contributed by atoms with Gasteiger partial charge in [0.1, 0.15) is 6.61 Å². The summed E-state index contributed by atoms with van der Waals surface area (Å²) < 4.78 is 9.93. The fourth-order valence-electron chi connectivity index (χ4n) is 2.74. The van der Waals surface area contributed by atoms with Crippen LogP contribution in [0.5, 0.6) is 0 Å². The maximum absolute atomic E-state index is 12.2. The van der Waals surface area contributed by atoms with Crippen molar-refractivity contribution in [2.24, 2.45) is 0 Å². The zero-order valence-corrected chi connectivity index (χ0v) is 17.6. The van der Waals surface area contributed by atoms with E-state index in [1.54, 1.807) is 5.38 Å². The van der Waals surface area contributed by atoms with Gasteiger partial charge in [0.15, 0.2) is 5.13 Å². The van der Waals surface area contributed by atoms with E-state index in [2.05, 4.69) is 9.72 Å². The van der Waals surface area contributed by atoms with E-state index in [0.29, 0.717) is 22.0 Å². The van der Waals surface area contributed by atoms with Crippen LogP contribution in [0.25, 0.3) is 0 Å². The van der Waals surface area contributed by atoms with Crippen LogP contribution < -0.4 is 4.90 Å². The topological polar surface area (TPSA) is 85.8 Å². The molecule has 1 amide bonds. The smallest absolute Gasteiger partial charge is 0.338 e. The molecule has 0 atom stereocenters. The second kappa shape index (κ2) is 9.32. The molecule has 0 fully saturated rings. The lowest BCUT2D eigenvalue weighted by atomic mass is 10.1. The molecule has 0 unspecified atom stereocenters. The van der Waals surface area contributed by atoms with Crippen molar-refractivity contribution in [1.82, 2.24) is 4.98 Å². The number of anilines is 2. The number of nitrogens with zero attached hydrogens (tertiary/aromatic N) is 2. The van der Waals surface area contributed by atoms with E-state index in [1.165, 1.54) is 54.5 Å². The van der Waals surface area contributed by atoms with Crippen molar-refractivity contribution < 1.29 is 23.9 Å². The highest BCUT2D eigenvalue weighted by Crippen LogP contribution is 2.29. The summed E-state index contributed by atoms with van der Waals surface area (Å²) in [7, 11) is 1.29. The number of hydrogen-bond donors (Lipinski definition) is 0. The minimum atomic E-state index is -0.539. The van der Waals surface area contributed by atoms with Crippen LogP contribution in [0, 0.1) is 6.92 Å². The molecule has 3 aromatic rings. The Labute approximate surface area is 177 Å². The summed E-state index contributed by atoms with van der Waals surface area (Å²) in [5, 5.41) is 2.25. The summed E-state index contributed by atoms with van der Waals surface area (Å²) in [5.41, 5.74) is 2.95. The number of aromatic nitrogens is 1. The van der Waals surface area contributed by atoms with Crippen molar-refractivity contribution in [3.63, 3.8) is 0 Å². The molecular weight excluding hydrogens is 404 g/mol. The molecule has 0 aliphatic carbocycles. The van der Waals surface area contributed by atoms with Crippen LogP contribution in [-0.4, -0.2) is 29.9 Å². The highest BCUT2D eigenvalue weighted by molar-refractivity contribution is 7.14. The second-order valence-electron chi connectivity index (χ2n) is 6.46. The molecular formula is C22H20N2O5S. The van der Waals surface area contributed by atoms with Gasteiger partial charge < -0.3 is 9.47 Å². The first-order valence-electron chi connectivity index (χ1n) is 9.06. The molecule has 0 aliphatic heterocycles. The summed E-state index contributed by atoms with van der Waals surface area (Å²) in [4.78, 5) is 41.9. The summed E-state index contributed by atoms with van der Waals surface area (Å²) in [6.07, 6.45) is 0. The molecule has 0 spiro atoms. The van der Waals surface area contributed by atoms with Crippen molar-refractivity contribution in [3.05, 3.63) is 76.3 Å². The van der Waals surface area contributed by atoms with Crippen LogP contribution in [0.4, 0.5) is 10.8 Å². The van der Waals surface area contributed by atoms with E-state index in [1.807, 2.05) is 31.2 Å². The normalized spacial score (nSPS) is 10.4. The number of carbonyl (C=O) groups is 3. The predicted molar refractivity (Wildman–Crippen MR) is 113 cm³/mol. The number of benzene rings is 2. The number of thiazole rings is 1. The third-order valence-corrected chi connectivity index (χ3v) is 5.07. The standard InChI is InChI=1S/C22H20N2O5S/c1-14-5-4-6-19(11-14)24(15(2)25)22-23-18(13-30-22)12-29-21(27)17-9-7-16(8-10-17)20(26)28-3/h4-11,13H,12H2,1-3H3. The van der Waals surface area contributed by atoms with E-state index in [-0.39, 0.29) is 12.5 Å². The van der Waals surface area contributed by atoms with Gasteiger partial charge in [0, 0.05) is 12.3 Å². The first-order valence-corrected chi connectivity index (χ1v) is 9.94. The Morgan fingerprint density at radius 3 is 2.30 bits per heavy atom. The number of amides is 1. The van der Waals surface area contributed by atoms with Crippen molar-refractivity contribution >= 4 is 40.0 Å². The third-order valence-electron chi connectivity index (χ3n) is 4.20. The van der Waals surface area contributed by atoms with Crippen LogP contribution in [0.1, 0.15) is 38.9 Å². The van der Waals surface area contributed by atoms with Crippen molar-refractivity contribution in [1.29, 1.82) is 0 Å². The van der Waals surface area contributed by atoms with Gasteiger partial charge in [-0.2, -0.15) is 0 Å². The minimum absolute atomic E-state index is 0.0341. The number of aryl methyl sites for hydroxylation is 1. The van der Waals surface area contributed by atoms with E-state index in [0.717, 1.165) is 11.3 Å². The van der Waals surface area contributed by atoms with Gasteiger partial charge >= 0.3 is 11.9 Å². The molecule has 0 N–H and O–H groups in total. The number of methoxy groups -OCH3 is 1. The predicted octanol–water partition coefficient (Wildman–Crippen LogP) is 4.28. The lowest BCUT2D eigenvalue weighted by molar-refractivity contribution is -0.115. The molecule has 0 saturated carbocycles. The van der Waals surface area contributed by atoms with E-state index in [9.17, 15) is 14.4 Å². The number of rotatable bonds is 6. The fraction of sp³-hybridized carbons (Fsp3) is 0.182. The Bertz CT molecular complexity index is 1080. The summed E-state index contributed by atoms with van der Waals surface area (Å²) >= 11 is 1.29. The molecule has 1 aromatic heterocycles. The van der Waals surface area contributed by atoms with Gasteiger partial charge in [0.25, 0.3) is 0 Å². The van der Waals surface area contributed by atoms with Crippen LogP contribution in [0.15, 0.2) is 53.9 Å². The summed E-state index contributed by atoms with van der Waals surface area (Å²) in [5.74, 6) is -1.18. The van der Waals surface area contributed by atoms with Crippen molar-refractivity contribution in [2.75, 3.05) is 12.0 Å². The van der Waals surface area contributed by atoms with Gasteiger partial charge in [0.2, 0.25) is 5.91 Å². The molecule has 7 nitrogen and oxygen atoms in total. The minimum Gasteiger partial charge on any atom is -0.465 e. The number of carbonyl (C=O) groups excluding carboxylic acids is 3. The molecule has 0 bridgehead atoms. The molecule has 0 aliphatic rings. The highest BCUT2D eigenvalue weighted by atomic mass is 32.1. The van der Waals surface area contributed by atoms with E-state index < -0.39 is 11.9 Å². The summed E-state index contributed by atoms with van der Waals surface area (Å²) in [6.45, 7) is 3.39. The second-order valence-corrected chi connectivity index (χ2v) is 7.30. The first kappa shape index (κ1) is 21.2. The van der Waals surface area contributed by atoms with Gasteiger partial charge in [-0.15, -0.1) is 11.3 Å². The molecule has 1 heterocycles. The molecule has 0 radical (unpaired) electrons. The number of hydrogen-bond acceptors (Lipinski definition) is 7. The molecule has 3 rings (SSSR count). The van der Waals surface area contributed by atoms with Crippen LogP contribution >= 0.6 is 11.3 Å². The van der Waals surface area contributed by atoms with Crippen LogP contribution in [0.3, 0.4) is 0 Å². The lowest BCUT2D eigenvalue weighted by Gasteiger charge is -2.18. The van der Waals surface area contributed by atoms with Gasteiger partial charge in [-0.05, 0) is 48.9 Å². The number of esters is 2. The average Bonchev–Trinajstić information content (AvgIpc) is 3.19. The molecule has 8 heteroatoms. The third kappa shape index (κ3) is 4.90. The Balaban J connectivity index is 1.68. The molecule has 30 heavy (non-hydrogen) atoms. The van der Waals surface area contributed by atoms with Crippen LogP contribution in [-0.2, 0) is 20.9 Å². The lowest BCUT2D eigenvalue weighted by Crippen LogP contribution is -2.22. The molecule has 154 valence electrons. The first-order chi connectivity index (χ1) is 14.4. The Hall–Kier alpha value is -3.52. The maximum Gasteiger partial charge on any atom is 0.338 e.